The number of anilines is 1. The first-order valence-corrected chi connectivity index (χ1v) is 10.4. The van der Waals surface area contributed by atoms with Crippen molar-refractivity contribution in [3.8, 4) is 11.5 Å². The molecule has 5 nitrogen and oxygen atoms in total. The quantitative estimate of drug-likeness (QED) is 0.502. The number of nitrogens with one attached hydrogen (secondary N) is 1. The summed E-state index contributed by atoms with van der Waals surface area (Å²) in [6.45, 7) is 0. The molecular formula is C20H19ClFNO4S2. The smallest absolute Gasteiger partial charge is 0.307 e. The van der Waals surface area contributed by atoms with Crippen molar-refractivity contribution < 1.29 is 23.4 Å². The predicted octanol–water partition coefficient (Wildman–Crippen LogP) is 5.00. The summed E-state index contributed by atoms with van der Waals surface area (Å²) in [6.07, 6.45) is 0.0408. The molecule has 0 unspecified atom stereocenters. The van der Waals surface area contributed by atoms with E-state index in [2.05, 4.69) is 5.32 Å². The van der Waals surface area contributed by atoms with Gasteiger partial charge in [-0.3, -0.25) is 4.79 Å². The van der Waals surface area contributed by atoms with E-state index >= 15 is 0 Å². The maximum Gasteiger partial charge on any atom is 0.307 e. The van der Waals surface area contributed by atoms with Crippen molar-refractivity contribution in [3.05, 3.63) is 52.3 Å². The third kappa shape index (κ3) is 4.44. The summed E-state index contributed by atoms with van der Waals surface area (Å²) >= 11 is 13.0. The third-order valence-corrected chi connectivity index (χ3v) is 6.77. The molecule has 2 aromatic carbocycles. The predicted molar refractivity (Wildman–Crippen MR) is 117 cm³/mol. The minimum absolute atomic E-state index is 0.0408. The molecule has 0 amide bonds. The van der Waals surface area contributed by atoms with Crippen LogP contribution >= 0.6 is 35.6 Å². The first-order valence-electron chi connectivity index (χ1n) is 8.62. The number of benzene rings is 2. The van der Waals surface area contributed by atoms with E-state index in [1.807, 2.05) is 12.1 Å². The van der Waals surface area contributed by atoms with Crippen LogP contribution < -0.4 is 14.8 Å². The Balaban J connectivity index is 2.20. The van der Waals surface area contributed by atoms with E-state index in [-0.39, 0.29) is 17.1 Å². The van der Waals surface area contributed by atoms with Gasteiger partial charge in [0.2, 0.25) is 0 Å². The second kappa shape index (κ2) is 9.19. The number of methoxy groups -OCH3 is 3. The van der Waals surface area contributed by atoms with Crippen LogP contribution in [0.5, 0.6) is 11.5 Å². The highest BCUT2D eigenvalue weighted by molar-refractivity contribution is 8.02. The van der Waals surface area contributed by atoms with Gasteiger partial charge in [-0.15, -0.1) is 11.8 Å². The Morgan fingerprint density at radius 1 is 1.24 bits per heavy atom. The highest BCUT2D eigenvalue weighted by Gasteiger charge is 2.34. The molecule has 0 spiro atoms. The van der Waals surface area contributed by atoms with Crippen molar-refractivity contribution in [1.29, 1.82) is 0 Å². The topological polar surface area (TPSA) is 56.8 Å². The van der Waals surface area contributed by atoms with Gasteiger partial charge in [0.1, 0.15) is 5.82 Å². The first kappa shape index (κ1) is 21.7. The minimum Gasteiger partial charge on any atom is -0.493 e. The van der Waals surface area contributed by atoms with Gasteiger partial charge in [-0.05, 0) is 23.8 Å². The fourth-order valence-electron chi connectivity index (χ4n) is 3.17. The summed E-state index contributed by atoms with van der Waals surface area (Å²) < 4.78 is 30.6. The van der Waals surface area contributed by atoms with Crippen LogP contribution in [0.25, 0.3) is 0 Å². The highest BCUT2D eigenvalue weighted by Crippen LogP contribution is 2.50. The molecule has 2 atom stereocenters. The summed E-state index contributed by atoms with van der Waals surface area (Å²) in [5.41, 5.74) is 1.58. The van der Waals surface area contributed by atoms with Crippen LogP contribution in [0.2, 0.25) is 5.02 Å². The van der Waals surface area contributed by atoms with E-state index in [1.165, 1.54) is 32.0 Å². The lowest BCUT2D eigenvalue weighted by molar-refractivity contribution is -0.140. The third-order valence-electron chi connectivity index (χ3n) is 4.50. The molecule has 1 N–H and O–H groups in total. The Kier molecular flexibility index (Phi) is 6.87. The zero-order valence-electron chi connectivity index (χ0n) is 16.0. The molecule has 0 aromatic heterocycles. The van der Waals surface area contributed by atoms with Gasteiger partial charge in [-0.25, -0.2) is 4.39 Å². The van der Waals surface area contributed by atoms with E-state index in [1.54, 1.807) is 19.2 Å². The summed E-state index contributed by atoms with van der Waals surface area (Å²) in [6, 6.07) is 8.38. The van der Waals surface area contributed by atoms with Crippen LogP contribution in [0.15, 0.2) is 30.3 Å². The minimum atomic E-state index is -0.527. The number of carbonyl (C=O) groups is 1. The second-order valence-electron chi connectivity index (χ2n) is 6.21. The summed E-state index contributed by atoms with van der Waals surface area (Å²) in [7, 11) is 4.40. The van der Waals surface area contributed by atoms with Crippen molar-refractivity contribution in [2.45, 2.75) is 16.9 Å². The van der Waals surface area contributed by atoms with Crippen LogP contribution in [0.1, 0.15) is 22.8 Å². The number of thiocarbonyl (C=S) groups is 1. The number of halogens is 2. The lowest BCUT2D eigenvalue weighted by Gasteiger charge is -2.23. The van der Waals surface area contributed by atoms with Gasteiger partial charge in [0, 0.05) is 10.6 Å². The Labute approximate surface area is 182 Å². The van der Waals surface area contributed by atoms with Crippen LogP contribution in [0, 0.1) is 5.82 Å². The average Bonchev–Trinajstić information content (AvgIpc) is 2.84. The standard InChI is InChI=1S/C20H19ClFNO4S2/c1-25-14-6-4-5-11(18(14)27-3)19-12-7-10(21)8-13(22)17(12)23-20(28)15(29-19)9-16(24)26-2/h4-8,15,19H,9H2,1-3H3,(H,23,28)/t15-,19-/m1/s1. The molecule has 1 aliphatic rings. The van der Waals surface area contributed by atoms with E-state index in [0.29, 0.717) is 22.1 Å². The van der Waals surface area contributed by atoms with Crippen molar-refractivity contribution in [2.75, 3.05) is 26.6 Å². The van der Waals surface area contributed by atoms with Gasteiger partial charge in [0.25, 0.3) is 0 Å². The number of carbonyl (C=O) groups excluding carboxylic acids is 1. The number of hydrogen-bond acceptors (Lipinski definition) is 6. The number of fused-ring (bicyclic) bond motifs is 1. The number of ether oxygens (including phenoxy) is 3. The molecule has 0 fully saturated rings. The molecule has 0 radical (unpaired) electrons. The van der Waals surface area contributed by atoms with Gasteiger partial charge >= 0.3 is 5.97 Å². The van der Waals surface area contributed by atoms with Crippen molar-refractivity contribution >= 4 is 52.2 Å². The first-order chi connectivity index (χ1) is 13.9. The van der Waals surface area contributed by atoms with E-state index < -0.39 is 22.3 Å². The monoisotopic (exact) mass is 455 g/mol. The lowest BCUT2D eigenvalue weighted by Crippen LogP contribution is -2.25. The largest absolute Gasteiger partial charge is 0.493 e. The zero-order chi connectivity index (χ0) is 21.1. The molecule has 2 aromatic rings. The number of hydrogen-bond donors (Lipinski definition) is 1. The number of para-hydroxylation sites is 1. The van der Waals surface area contributed by atoms with Crippen LogP contribution in [0.4, 0.5) is 10.1 Å². The molecule has 29 heavy (non-hydrogen) atoms. The SMILES string of the molecule is COC(=O)C[C@H]1S[C@H](c2cccc(OC)c2OC)c2cc(Cl)cc(F)c2NC1=S. The maximum absolute atomic E-state index is 14.8. The Morgan fingerprint density at radius 3 is 2.66 bits per heavy atom. The van der Waals surface area contributed by atoms with E-state index in [0.717, 1.165) is 5.56 Å². The highest BCUT2D eigenvalue weighted by atomic mass is 35.5. The molecule has 1 aliphatic heterocycles. The normalized spacial score (nSPS) is 18.3. The second-order valence-corrected chi connectivity index (χ2v) is 8.40. The molecule has 0 bridgehead atoms. The zero-order valence-corrected chi connectivity index (χ0v) is 18.3. The van der Waals surface area contributed by atoms with Gasteiger partial charge in [-0.2, -0.15) is 0 Å². The number of esters is 1. The molecular weight excluding hydrogens is 437 g/mol. The Morgan fingerprint density at radius 2 is 2.00 bits per heavy atom. The average molecular weight is 456 g/mol. The summed E-state index contributed by atoms with van der Waals surface area (Å²) in [4.78, 5) is 12.3. The maximum atomic E-state index is 14.8. The van der Waals surface area contributed by atoms with Gasteiger partial charge in [-0.1, -0.05) is 36.0 Å². The molecule has 1 heterocycles. The molecule has 154 valence electrons. The van der Waals surface area contributed by atoms with E-state index in [4.69, 9.17) is 38.0 Å². The fourth-order valence-corrected chi connectivity index (χ4v) is 5.14. The molecule has 0 saturated heterocycles. The van der Waals surface area contributed by atoms with Crippen molar-refractivity contribution in [2.24, 2.45) is 0 Å². The lowest BCUT2D eigenvalue weighted by atomic mass is 10.0. The Bertz CT molecular complexity index is 956. The van der Waals surface area contributed by atoms with Crippen LogP contribution in [-0.2, 0) is 9.53 Å². The Hall–Kier alpha value is -2.03. The molecule has 0 saturated carbocycles. The van der Waals surface area contributed by atoms with Crippen molar-refractivity contribution in [3.63, 3.8) is 0 Å². The number of thioether (sulfide) groups is 1. The summed E-state index contributed by atoms with van der Waals surface area (Å²) in [5.74, 6) is 0.121. The van der Waals surface area contributed by atoms with Gasteiger partial charge in [0.15, 0.2) is 11.5 Å². The molecule has 0 aliphatic carbocycles. The van der Waals surface area contributed by atoms with Gasteiger partial charge in [0.05, 0.1) is 48.9 Å². The van der Waals surface area contributed by atoms with Crippen molar-refractivity contribution in [1.82, 2.24) is 0 Å². The molecule has 3 rings (SSSR count). The summed E-state index contributed by atoms with van der Waals surface area (Å²) in [5, 5.41) is 2.35. The van der Waals surface area contributed by atoms with Crippen LogP contribution in [0.3, 0.4) is 0 Å². The van der Waals surface area contributed by atoms with E-state index in [9.17, 15) is 9.18 Å². The van der Waals surface area contributed by atoms with Crippen LogP contribution in [-0.4, -0.2) is 37.5 Å². The van der Waals surface area contributed by atoms with Gasteiger partial charge < -0.3 is 19.5 Å². The number of rotatable bonds is 5. The fraction of sp³-hybridized carbons (Fsp3) is 0.300. The molecule has 9 heteroatoms.